The van der Waals surface area contributed by atoms with Gasteiger partial charge in [0.1, 0.15) is 0 Å². The van der Waals surface area contributed by atoms with Crippen molar-refractivity contribution in [3.8, 4) is 0 Å². The summed E-state index contributed by atoms with van der Waals surface area (Å²) >= 11 is 4.86. The van der Waals surface area contributed by atoms with E-state index in [0.717, 1.165) is 9.75 Å². The van der Waals surface area contributed by atoms with E-state index in [1.807, 2.05) is 19.1 Å². The van der Waals surface area contributed by atoms with Gasteiger partial charge in [-0.1, -0.05) is 0 Å². The van der Waals surface area contributed by atoms with E-state index in [9.17, 15) is 8.42 Å². The van der Waals surface area contributed by atoms with Crippen LogP contribution in [0.4, 0.5) is 5.69 Å². The first-order valence-corrected chi connectivity index (χ1v) is 8.99. The predicted octanol–water partition coefficient (Wildman–Crippen LogP) is 3.19. The number of halogens is 1. The molecule has 0 aliphatic rings. The van der Waals surface area contributed by atoms with Crippen molar-refractivity contribution in [3.05, 3.63) is 44.1 Å². The molecule has 7 heteroatoms. The summed E-state index contributed by atoms with van der Waals surface area (Å²) in [4.78, 5) is 2.35. The van der Waals surface area contributed by atoms with Crippen LogP contribution in [-0.2, 0) is 16.6 Å². The van der Waals surface area contributed by atoms with Crippen LogP contribution in [0.1, 0.15) is 15.3 Å². The fourth-order valence-electron chi connectivity index (χ4n) is 1.78. The van der Waals surface area contributed by atoms with Crippen LogP contribution in [-0.4, -0.2) is 8.42 Å². The number of thiophene rings is 1. The van der Waals surface area contributed by atoms with Crippen molar-refractivity contribution in [2.45, 2.75) is 25.3 Å². The van der Waals surface area contributed by atoms with E-state index in [1.54, 1.807) is 24.3 Å². The third kappa shape index (κ3) is 3.41. The quantitative estimate of drug-likeness (QED) is 0.807. The lowest BCUT2D eigenvalue weighted by atomic mass is 10.2. The molecule has 0 fully saturated rings. The molecule has 1 aromatic heterocycles. The van der Waals surface area contributed by atoms with Crippen molar-refractivity contribution < 1.29 is 8.42 Å². The molecule has 1 heterocycles. The Balaban J connectivity index is 2.24. The van der Waals surface area contributed by atoms with Crippen LogP contribution in [0, 0.1) is 13.8 Å². The number of hydrogen-bond donors (Lipinski definition) is 2. The third-order valence-electron chi connectivity index (χ3n) is 2.82. The maximum atomic E-state index is 12.3. The van der Waals surface area contributed by atoms with Crippen molar-refractivity contribution in [2.24, 2.45) is 0 Å². The number of benzene rings is 1. The molecule has 3 N–H and O–H groups in total. The fourth-order valence-corrected chi connectivity index (χ4v) is 4.43. The molecule has 20 heavy (non-hydrogen) atoms. The van der Waals surface area contributed by atoms with Crippen molar-refractivity contribution >= 4 is 43.0 Å². The zero-order chi connectivity index (χ0) is 14.9. The molecule has 0 aliphatic heterocycles. The lowest BCUT2D eigenvalue weighted by molar-refractivity contribution is 0.581. The van der Waals surface area contributed by atoms with Gasteiger partial charge in [0.25, 0.3) is 0 Å². The van der Waals surface area contributed by atoms with E-state index in [2.05, 4.69) is 20.7 Å². The Morgan fingerprint density at radius 3 is 2.60 bits per heavy atom. The number of sulfonamides is 1. The Kier molecular flexibility index (Phi) is 4.53. The molecular formula is C13H15BrN2O2S2. The lowest BCUT2D eigenvalue weighted by Gasteiger charge is -2.10. The molecule has 0 unspecified atom stereocenters. The summed E-state index contributed by atoms with van der Waals surface area (Å²) in [6, 6.07) is 7.07. The minimum Gasteiger partial charge on any atom is -0.398 e. The van der Waals surface area contributed by atoms with Crippen molar-refractivity contribution in [1.29, 1.82) is 0 Å². The summed E-state index contributed by atoms with van der Waals surface area (Å²) in [6.07, 6.45) is 0. The molecule has 1 aromatic carbocycles. The molecule has 0 aliphatic carbocycles. The SMILES string of the molecule is Cc1ccc(CNS(=O)(=O)c2cc(N)c(Br)cc2C)s1. The van der Waals surface area contributed by atoms with Gasteiger partial charge in [0.15, 0.2) is 0 Å². The molecule has 2 aromatic rings. The van der Waals surface area contributed by atoms with Crippen LogP contribution < -0.4 is 10.5 Å². The van der Waals surface area contributed by atoms with E-state index in [4.69, 9.17) is 5.73 Å². The fraction of sp³-hybridized carbons (Fsp3) is 0.231. The van der Waals surface area contributed by atoms with Crippen LogP contribution in [0.5, 0.6) is 0 Å². The highest BCUT2D eigenvalue weighted by atomic mass is 79.9. The van der Waals surface area contributed by atoms with Gasteiger partial charge in [0, 0.05) is 26.5 Å². The van der Waals surface area contributed by atoms with Crippen LogP contribution in [0.15, 0.2) is 33.6 Å². The van der Waals surface area contributed by atoms with Gasteiger partial charge in [-0.3, -0.25) is 0 Å². The van der Waals surface area contributed by atoms with E-state index < -0.39 is 10.0 Å². The molecule has 0 spiro atoms. The van der Waals surface area contributed by atoms with Crippen LogP contribution in [0.25, 0.3) is 0 Å². The van der Waals surface area contributed by atoms with E-state index >= 15 is 0 Å². The first-order valence-electron chi connectivity index (χ1n) is 5.90. The highest BCUT2D eigenvalue weighted by Gasteiger charge is 2.18. The number of rotatable bonds is 4. The second-order valence-electron chi connectivity index (χ2n) is 4.48. The van der Waals surface area contributed by atoms with Crippen LogP contribution in [0.3, 0.4) is 0 Å². The van der Waals surface area contributed by atoms with Gasteiger partial charge in [-0.15, -0.1) is 11.3 Å². The summed E-state index contributed by atoms with van der Waals surface area (Å²) in [5.74, 6) is 0. The van der Waals surface area contributed by atoms with Gasteiger partial charge >= 0.3 is 0 Å². The molecule has 108 valence electrons. The molecule has 0 bridgehead atoms. The number of hydrogen-bond acceptors (Lipinski definition) is 4. The zero-order valence-electron chi connectivity index (χ0n) is 11.1. The number of aryl methyl sites for hydroxylation is 2. The van der Waals surface area contributed by atoms with Gasteiger partial charge in [-0.25, -0.2) is 13.1 Å². The molecule has 4 nitrogen and oxygen atoms in total. The smallest absolute Gasteiger partial charge is 0.241 e. The van der Waals surface area contributed by atoms with Crippen molar-refractivity contribution in [1.82, 2.24) is 4.72 Å². The molecular weight excluding hydrogens is 360 g/mol. The monoisotopic (exact) mass is 374 g/mol. The Hall–Kier alpha value is -0.890. The Morgan fingerprint density at radius 2 is 2.00 bits per heavy atom. The second-order valence-corrected chi connectivity index (χ2v) is 8.44. The van der Waals surface area contributed by atoms with E-state index in [-0.39, 0.29) is 11.4 Å². The summed E-state index contributed by atoms with van der Waals surface area (Å²) in [5.41, 5.74) is 6.82. The number of nitrogen functional groups attached to an aromatic ring is 1. The highest BCUT2D eigenvalue weighted by molar-refractivity contribution is 9.10. The summed E-state index contributed by atoms with van der Waals surface area (Å²) < 4.78 is 27.9. The average molecular weight is 375 g/mol. The maximum Gasteiger partial charge on any atom is 0.241 e. The molecule has 0 saturated heterocycles. The topological polar surface area (TPSA) is 72.2 Å². The van der Waals surface area contributed by atoms with Gasteiger partial charge < -0.3 is 5.73 Å². The number of nitrogens with two attached hydrogens (primary N) is 1. The van der Waals surface area contributed by atoms with Gasteiger partial charge in [0.05, 0.1) is 4.90 Å². The first kappa shape index (κ1) is 15.5. The lowest BCUT2D eigenvalue weighted by Crippen LogP contribution is -2.23. The summed E-state index contributed by atoms with van der Waals surface area (Å²) in [6.45, 7) is 4.02. The summed E-state index contributed by atoms with van der Waals surface area (Å²) in [7, 11) is -3.56. The predicted molar refractivity (Wildman–Crippen MR) is 86.4 cm³/mol. The van der Waals surface area contributed by atoms with Crippen molar-refractivity contribution in [3.63, 3.8) is 0 Å². The van der Waals surface area contributed by atoms with Crippen LogP contribution in [0.2, 0.25) is 0 Å². The number of anilines is 1. The Labute approximate surface area is 131 Å². The first-order chi connectivity index (χ1) is 9.29. The minimum atomic E-state index is -3.56. The second kappa shape index (κ2) is 5.85. The van der Waals surface area contributed by atoms with Crippen molar-refractivity contribution in [2.75, 3.05) is 5.73 Å². The van der Waals surface area contributed by atoms with Gasteiger partial charge in [-0.2, -0.15) is 0 Å². The van der Waals surface area contributed by atoms with Gasteiger partial charge in [-0.05, 0) is 59.6 Å². The maximum absolute atomic E-state index is 12.3. The standard InChI is InChI=1S/C13H15BrN2O2S2/c1-8-5-11(14)12(15)6-13(8)20(17,18)16-7-10-4-3-9(2)19-10/h3-6,16H,7,15H2,1-2H3. The van der Waals surface area contributed by atoms with E-state index in [1.165, 1.54) is 6.07 Å². The molecule has 0 amide bonds. The Bertz CT molecular complexity index is 739. The summed E-state index contributed by atoms with van der Waals surface area (Å²) in [5, 5.41) is 0. The minimum absolute atomic E-state index is 0.214. The zero-order valence-corrected chi connectivity index (χ0v) is 14.3. The molecule has 0 radical (unpaired) electrons. The molecule has 0 saturated carbocycles. The molecule has 2 rings (SSSR count). The average Bonchev–Trinajstić information content (AvgIpc) is 2.77. The van der Waals surface area contributed by atoms with Gasteiger partial charge in [0.2, 0.25) is 10.0 Å². The molecule has 0 atom stereocenters. The number of nitrogens with one attached hydrogen (secondary N) is 1. The highest BCUT2D eigenvalue weighted by Crippen LogP contribution is 2.26. The van der Waals surface area contributed by atoms with E-state index in [0.29, 0.717) is 15.7 Å². The van der Waals surface area contributed by atoms with Crippen LogP contribution >= 0.6 is 27.3 Å². The normalized spacial score (nSPS) is 11.8. The largest absolute Gasteiger partial charge is 0.398 e. The third-order valence-corrected chi connectivity index (χ3v) is 6.05. The Morgan fingerprint density at radius 1 is 1.30 bits per heavy atom.